The molecule has 2 amide bonds. The molecular weight excluding hydrogens is 378 g/mol. The smallest absolute Gasteiger partial charge is 0.237 e. The van der Waals surface area contributed by atoms with Gasteiger partial charge in [0.2, 0.25) is 11.8 Å². The van der Waals surface area contributed by atoms with E-state index in [9.17, 15) is 14.7 Å². The van der Waals surface area contributed by atoms with Crippen LogP contribution in [0.2, 0.25) is 0 Å². The van der Waals surface area contributed by atoms with Crippen LogP contribution in [0, 0.1) is 0 Å². The molecule has 0 fully saturated rings. The average molecular weight is 399 g/mol. The molecule has 1 atom stereocenters. The van der Waals surface area contributed by atoms with Crippen LogP contribution >= 0.6 is 0 Å². The van der Waals surface area contributed by atoms with Crippen molar-refractivity contribution in [1.29, 1.82) is 0 Å². The summed E-state index contributed by atoms with van der Waals surface area (Å²) >= 11 is 0. The molecule has 4 rings (SSSR count). The van der Waals surface area contributed by atoms with E-state index in [0.29, 0.717) is 12.1 Å². The van der Waals surface area contributed by atoms with Gasteiger partial charge in [0, 0.05) is 30.6 Å². The molecule has 1 unspecified atom stereocenters. The minimum Gasteiger partial charge on any atom is -0.508 e. The van der Waals surface area contributed by atoms with Crippen LogP contribution in [0.3, 0.4) is 0 Å². The Morgan fingerprint density at radius 3 is 2.70 bits per heavy atom. The Morgan fingerprint density at radius 1 is 1.10 bits per heavy atom. The van der Waals surface area contributed by atoms with Gasteiger partial charge in [0.05, 0.1) is 5.69 Å². The van der Waals surface area contributed by atoms with Crippen molar-refractivity contribution >= 4 is 35.1 Å². The van der Waals surface area contributed by atoms with Gasteiger partial charge in [-0.2, -0.15) is 0 Å². The topological polar surface area (TPSA) is 90.8 Å². The number of carbonyl (C=O) groups excluding carboxylic acids is 2. The average Bonchev–Trinajstić information content (AvgIpc) is 3.01. The van der Waals surface area contributed by atoms with Crippen LogP contribution in [-0.2, 0) is 16.0 Å². The second kappa shape index (κ2) is 8.21. The number of aliphatic imine (C=N–C) groups is 1. The van der Waals surface area contributed by atoms with Crippen molar-refractivity contribution < 1.29 is 14.7 Å². The van der Waals surface area contributed by atoms with E-state index in [4.69, 9.17) is 0 Å². The number of amides is 2. The maximum Gasteiger partial charge on any atom is 0.237 e. The predicted octanol–water partition coefficient (Wildman–Crippen LogP) is 4.38. The van der Waals surface area contributed by atoms with Crippen molar-refractivity contribution in [3.63, 3.8) is 0 Å². The first-order valence-corrected chi connectivity index (χ1v) is 9.61. The number of benzene rings is 3. The maximum absolute atomic E-state index is 12.4. The summed E-state index contributed by atoms with van der Waals surface area (Å²) in [5, 5.41) is 15.3. The maximum atomic E-state index is 12.4. The minimum atomic E-state index is -0.493. The van der Waals surface area contributed by atoms with E-state index in [0.717, 1.165) is 28.1 Å². The Labute approximate surface area is 174 Å². The number of hydrogen-bond donors (Lipinski definition) is 3. The standard InChI is InChI=1S/C24H21N3O3/c1-15(28)26-19-6-2-4-16(11-19)10-17-8-9-23-21(12-17)22(24(30)27-23)14-25-18-5-3-7-20(29)13-18/h2-9,11-14,22,29H,10H2,1H3,(H,26,28)(H,27,30). The molecule has 0 aromatic heterocycles. The molecule has 30 heavy (non-hydrogen) atoms. The van der Waals surface area contributed by atoms with Gasteiger partial charge in [-0.3, -0.25) is 14.6 Å². The second-order valence-electron chi connectivity index (χ2n) is 7.24. The van der Waals surface area contributed by atoms with Gasteiger partial charge >= 0.3 is 0 Å². The molecule has 1 aliphatic heterocycles. The summed E-state index contributed by atoms with van der Waals surface area (Å²) in [5.41, 5.74) is 5.11. The van der Waals surface area contributed by atoms with Gasteiger partial charge in [-0.25, -0.2) is 0 Å². The Morgan fingerprint density at radius 2 is 1.90 bits per heavy atom. The van der Waals surface area contributed by atoms with Crippen molar-refractivity contribution in [3.05, 3.63) is 83.4 Å². The summed E-state index contributed by atoms with van der Waals surface area (Å²) in [5.74, 6) is -0.598. The zero-order valence-corrected chi connectivity index (χ0v) is 16.4. The Bertz CT molecular complexity index is 1150. The molecule has 0 saturated heterocycles. The molecule has 6 heteroatoms. The highest BCUT2D eigenvalue weighted by Crippen LogP contribution is 2.33. The highest BCUT2D eigenvalue weighted by atomic mass is 16.3. The first-order valence-electron chi connectivity index (χ1n) is 9.61. The summed E-state index contributed by atoms with van der Waals surface area (Å²) in [4.78, 5) is 28.1. The van der Waals surface area contributed by atoms with Gasteiger partial charge in [-0.15, -0.1) is 0 Å². The molecule has 0 aliphatic carbocycles. The third kappa shape index (κ3) is 4.38. The van der Waals surface area contributed by atoms with Gasteiger partial charge in [0.15, 0.2) is 0 Å². The number of phenolic OH excluding ortho intramolecular Hbond substituents is 1. The molecule has 1 heterocycles. The molecule has 3 aromatic carbocycles. The number of anilines is 2. The molecule has 0 bridgehead atoms. The van der Waals surface area contributed by atoms with Crippen LogP contribution in [-0.4, -0.2) is 23.1 Å². The summed E-state index contributed by atoms with van der Waals surface area (Å²) in [6.45, 7) is 1.48. The Hall–Kier alpha value is -3.93. The molecule has 3 N–H and O–H groups in total. The van der Waals surface area contributed by atoms with E-state index in [-0.39, 0.29) is 17.6 Å². The lowest BCUT2D eigenvalue weighted by Gasteiger charge is -2.09. The SMILES string of the molecule is CC(=O)Nc1cccc(Cc2ccc3c(c2)C(C=Nc2cccc(O)c2)C(=O)N3)c1. The number of aromatic hydroxyl groups is 1. The monoisotopic (exact) mass is 399 g/mol. The number of phenols is 1. The summed E-state index contributed by atoms with van der Waals surface area (Å²) in [6.07, 6.45) is 2.28. The zero-order valence-electron chi connectivity index (χ0n) is 16.4. The number of nitrogens with one attached hydrogen (secondary N) is 2. The first kappa shape index (κ1) is 19.4. The largest absolute Gasteiger partial charge is 0.508 e. The zero-order chi connectivity index (χ0) is 21.1. The molecule has 0 radical (unpaired) electrons. The molecule has 3 aromatic rings. The lowest BCUT2D eigenvalue weighted by molar-refractivity contribution is -0.116. The van der Waals surface area contributed by atoms with Crippen LogP contribution in [0.15, 0.2) is 71.7 Å². The molecule has 0 saturated carbocycles. The number of nitrogens with zero attached hydrogens (tertiary/aromatic N) is 1. The summed E-state index contributed by atoms with van der Waals surface area (Å²) in [6, 6.07) is 20.2. The Balaban J connectivity index is 1.57. The molecule has 0 spiro atoms. The summed E-state index contributed by atoms with van der Waals surface area (Å²) < 4.78 is 0. The highest BCUT2D eigenvalue weighted by Gasteiger charge is 2.29. The lowest BCUT2D eigenvalue weighted by atomic mass is 9.96. The van der Waals surface area contributed by atoms with Gasteiger partial charge in [-0.1, -0.05) is 30.3 Å². The van der Waals surface area contributed by atoms with E-state index >= 15 is 0 Å². The van der Waals surface area contributed by atoms with Crippen molar-refractivity contribution in [1.82, 2.24) is 0 Å². The van der Waals surface area contributed by atoms with E-state index < -0.39 is 5.92 Å². The van der Waals surface area contributed by atoms with Gasteiger partial charge in [-0.05, 0) is 53.4 Å². The number of fused-ring (bicyclic) bond motifs is 1. The van der Waals surface area contributed by atoms with E-state index in [2.05, 4.69) is 15.6 Å². The minimum absolute atomic E-state index is 0.108. The van der Waals surface area contributed by atoms with Gasteiger partial charge in [0.1, 0.15) is 11.7 Å². The van der Waals surface area contributed by atoms with Crippen LogP contribution < -0.4 is 10.6 Å². The fraction of sp³-hybridized carbons (Fsp3) is 0.125. The second-order valence-corrected chi connectivity index (χ2v) is 7.24. The third-order valence-corrected chi connectivity index (χ3v) is 4.85. The van der Waals surface area contributed by atoms with Crippen molar-refractivity contribution in [3.8, 4) is 5.75 Å². The van der Waals surface area contributed by atoms with Crippen molar-refractivity contribution in [2.75, 3.05) is 10.6 Å². The quantitative estimate of drug-likeness (QED) is 0.556. The third-order valence-electron chi connectivity index (χ3n) is 4.85. The Kier molecular flexibility index (Phi) is 5.30. The van der Waals surface area contributed by atoms with E-state index in [1.165, 1.54) is 6.92 Å². The van der Waals surface area contributed by atoms with Crippen LogP contribution in [0.4, 0.5) is 17.1 Å². The number of carbonyl (C=O) groups is 2. The van der Waals surface area contributed by atoms with Gasteiger partial charge in [0.25, 0.3) is 0 Å². The highest BCUT2D eigenvalue weighted by molar-refractivity contribution is 6.12. The van der Waals surface area contributed by atoms with E-state index in [1.807, 2.05) is 42.5 Å². The number of hydrogen-bond acceptors (Lipinski definition) is 4. The lowest BCUT2D eigenvalue weighted by Crippen LogP contribution is -2.12. The summed E-state index contributed by atoms with van der Waals surface area (Å²) in [7, 11) is 0. The normalized spacial score (nSPS) is 15.1. The predicted molar refractivity (Wildman–Crippen MR) is 118 cm³/mol. The van der Waals surface area contributed by atoms with Gasteiger partial charge < -0.3 is 15.7 Å². The van der Waals surface area contributed by atoms with Crippen molar-refractivity contribution in [2.24, 2.45) is 4.99 Å². The first-order chi connectivity index (χ1) is 14.5. The molecule has 6 nitrogen and oxygen atoms in total. The number of rotatable bonds is 5. The van der Waals surface area contributed by atoms with Crippen LogP contribution in [0.1, 0.15) is 29.5 Å². The van der Waals surface area contributed by atoms with E-state index in [1.54, 1.807) is 30.5 Å². The fourth-order valence-corrected chi connectivity index (χ4v) is 3.52. The fourth-order valence-electron chi connectivity index (χ4n) is 3.52. The molecule has 1 aliphatic rings. The van der Waals surface area contributed by atoms with Crippen molar-refractivity contribution in [2.45, 2.75) is 19.3 Å². The van der Waals surface area contributed by atoms with Crippen LogP contribution in [0.5, 0.6) is 5.75 Å². The molecule has 150 valence electrons. The molecular formula is C24H21N3O3. The van der Waals surface area contributed by atoms with Crippen LogP contribution in [0.25, 0.3) is 0 Å².